The lowest BCUT2D eigenvalue weighted by Gasteiger charge is -2.25. The van der Waals surface area contributed by atoms with Crippen LogP contribution in [0.2, 0.25) is 0 Å². The SMILES string of the molecule is CC(=O)NCc1cnc([C@@H]2CCCN2C(=O)c2ccccc2)cc1C(F)(F)F. The molecule has 0 bridgehead atoms. The first-order valence-corrected chi connectivity index (χ1v) is 8.94. The van der Waals surface area contributed by atoms with Gasteiger partial charge in [-0.25, -0.2) is 0 Å². The lowest BCUT2D eigenvalue weighted by Crippen LogP contribution is -2.31. The largest absolute Gasteiger partial charge is 0.416 e. The number of hydrogen-bond acceptors (Lipinski definition) is 3. The highest BCUT2D eigenvalue weighted by Gasteiger charge is 2.37. The number of alkyl halides is 3. The lowest BCUT2D eigenvalue weighted by atomic mass is 10.0. The molecule has 0 spiro atoms. The Labute approximate surface area is 160 Å². The second-order valence-corrected chi connectivity index (χ2v) is 6.70. The Bertz CT molecular complexity index is 869. The van der Waals surface area contributed by atoms with Gasteiger partial charge in [0.15, 0.2) is 0 Å². The van der Waals surface area contributed by atoms with Gasteiger partial charge in [-0.3, -0.25) is 14.6 Å². The highest BCUT2D eigenvalue weighted by atomic mass is 19.4. The molecule has 0 saturated carbocycles. The molecule has 5 nitrogen and oxygen atoms in total. The first-order chi connectivity index (χ1) is 13.3. The van der Waals surface area contributed by atoms with E-state index in [-0.39, 0.29) is 23.7 Å². The van der Waals surface area contributed by atoms with Gasteiger partial charge in [-0.1, -0.05) is 18.2 Å². The van der Waals surface area contributed by atoms with Crippen LogP contribution >= 0.6 is 0 Å². The Balaban J connectivity index is 1.91. The summed E-state index contributed by atoms with van der Waals surface area (Å²) < 4.78 is 40.6. The van der Waals surface area contributed by atoms with E-state index >= 15 is 0 Å². The molecule has 1 saturated heterocycles. The zero-order valence-corrected chi connectivity index (χ0v) is 15.3. The normalized spacial score (nSPS) is 16.9. The van der Waals surface area contributed by atoms with Crippen molar-refractivity contribution in [1.29, 1.82) is 0 Å². The van der Waals surface area contributed by atoms with Gasteiger partial charge in [0.25, 0.3) is 5.91 Å². The van der Waals surface area contributed by atoms with Crippen LogP contribution in [0.25, 0.3) is 0 Å². The molecule has 0 radical (unpaired) electrons. The molecule has 1 atom stereocenters. The summed E-state index contributed by atoms with van der Waals surface area (Å²) in [6.07, 6.45) is -2.20. The van der Waals surface area contributed by atoms with Crippen LogP contribution in [-0.4, -0.2) is 28.2 Å². The predicted octanol–water partition coefficient (Wildman–Crippen LogP) is 3.71. The lowest BCUT2D eigenvalue weighted by molar-refractivity contribution is -0.138. The van der Waals surface area contributed by atoms with Crippen molar-refractivity contribution in [3.63, 3.8) is 0 Å². The van der Waals surface area contributed by atoms with Crippen LogP contribution in [0, 0.1) is 0 Å². The van der Waals surface area contributed by atoms with Gasteiger partial charge >= 0.3 is 6.18 Å². The summed E-state index contributed by atoms with van der Waals surface area (Å²) in [5.74, 6) is -0.645. The molecule has 3 rings (SSSR count). The second kappa shape index (κ2) is 8.00. The Kier molecular flexibility index (Phi) is 5.67. The highest BCUT2D eigenvalue weighted by molar-refractivity contribution is 5.94. The smallest absolute Gasteiger partial charge is 0.352 e. The monoisotopic (exact) mass is 391 g/mol. The third-order valence-corrected chi connectivity index (χ3v) is 4.72. The van der Waals surface area contributed by atoms with Crippen molar-refractivity contribution in [2.24, 2.45) is 0 Å². The number of rotatable bonds is 4. The van der Waals surface area contributed by atoms with E-state index in [2.05, 4.69) is 10.3 Å². The molecular formula is C20H20F3N3O2. The predicted molar refractivity (Wildman–Crippen MR) is 96.2 cm³/mol. The maximum absolute atomic E-state index is 13.5. The third kappa shape index (κ3) is 4.32. The summed E-state index contributed by atoms with van der Waals surface area (Å²) in [5, 5.41) is 2.37. The summed E-state index contributed by atoms with van der Waals surface area (Å²) in [7, 11) is 0. The standard InChI is InChI=1S/C20H20F3N3O2/c1-13(27)24-11-15-12-25-17(10-16(15)20(21,22)23)18-8-5-9-26(18)19(28)14-6-3-2-4-7-14/h2-4,6-7,10,12,18H,5,8-9,11H2,1H3,(H,24,27)/t18-/m0/s1. The van der Waals surface area contributed by atoms with E-state index in [1.165, 1.54) is 6.92 Å². The fourth-order valence-electron chi connectivity index (χ4n) is 3.37. The second-order valence-electron chi connectivity index (χ2n) is 6.70. The van der Waals surface area contributed by atoms with Crippen molar-refractivity contribution in [2.45, 2.75) is 38.5 Å². The van der Waals surface area contributed by atoms with Crippen LogP contribution in [0.15, 0.2) is 42.6 Å². The van der Waals surface area contributed by atoms with Gasteiger partial charge in [-0.05, 0) is 31.0 Å². The van der Waals surface area contributed by atoms with Crippen molar-refractivity contribution in [1.82, 2.24) is 15.2 Å². The van der Waals surface area contributed by atoms with Gasteiger partial charge in [-0.2, -0.15) is 13.2 Å². The number of nitrogens with zero attached hydrogens (tertiary/aromatic N) is 2. The fourth-order valence-corrected chi connectivity index (χ4v) is 3.37. The number of carbonyl (C=O) groups is 2. The van der Waals surface area contributed by atoms with E-state index in [0.717, 1.165) is 12.3 Å². The average molecular weight is 391 g/mol. The first kappa shape index (κ1) is 19.9. The van der Waals surface area contributed by atoms with Crippen molar-refractivity contribution in [2.75, 3.05) is 6.54 Å². The molecule has 1 aliphatic rings. The van der Waals surface area contributed by atoms with Crippen LogP contribution in [0.1, 0.15) is 53.0 Å². The topological polar surface area (TPSA) is 62.3 Å². The van der Waals surface area contributed by atoms with Gasteiger partial charge in [-0.15, -0.1) is 0 Å². The Morgan fingerprint density at radius 1 is 1.25 bits per heavy atom. The molecule has 1 aromatic heterocycles. The molecule has 28 heavy (non-hydrogen) atoms. The number of carbonyl (C=O) groups excluding carboxylic acids is 2. The molecule has 8 heteroatoms. The summed E-state index contributed by atoms with van der Waals surface area (Å²) in [6, 6.07) is 9.14. The molecule has 148 valence electrons. The summed E-state index contributed by atoms with van der Waals surface area (Å²) in [6.45, 7) is 1.45. The van der Waals surface area contributed by atoms with Crippen molar-refractivity contribution in [3.8, 4) is 0 Å². The molecule has 0 aliphatic carbocycles. The van der Waals surface area contributed by atoms with E-state index in [9.17, 15) is 22.8 Å². The van der Waals surface area contributed by atoms with E-state index in [1.807, 2.05) is 0 Å². The number of halogens is 3. The zero-order valence-electron chi connectivity index (χ0n) is 15.3. The van der Waals surface area contributed by atoms with Gasteiger partial charge in [0.05, 0.1) is 17.3 Å². The van der Waals surface area contributed by atoms with Crippen LogP contribution in [0.3, 0.4) is 0 Å². The van der Waals surface area contributed by atoms with Gasteiger partial charge < -0.3 is 10.2 Å². The summed E-state index contributed by atoms with van der Waals surface area (Å²) >= 11 is 0. The third-order valence-electron chi connectivity index (χ3n) is 4.72. The number of aromatic nitrogens is 1. The molecule has 1 aromatic carbocycles. The summed E-state index contributed by atoms with van der Waals surface area (Å²) in [5.41, 5.74) is -0.246. The van der Waals surface area contributed by atoms with E-state index < -0.39 is 23.7 Å². The minimum absolute atomic E-state index is 0.106. The molecule has 1 N–H and O–H groups in total. The van der Waals surface area contributed by atoms with Crippen molar-refractivity contribution in [3.05, 3.63) is 65.0 Å². The number of hydrogen-bond donors (Lipinski definition) is 1. The maximum Gasteiger partial charge on any atom is 0.416 e. The number of pyridine rings is 1. The molecule has 2 aromatic rings. The van der Waals surface area contributed by atoms with Crippen molar-refractivity contribution >= 4 is 11.8 Å². The highest BCUT2D eigenvalue weighted by Crippen LogP contribution is 2.37. The molecule has 2 heterocycles. The molecular weight excluding hydrogens is 371 g/mol. The van der Waals surface area contributed by atoms with Gasteiger partial charge in [0.1, 0.15) is 0 Å². The van der Waals surface area contributed by atoms with E-state index in [0.29, 0.717) is 24.9 Å². The zero-order chi connectivity index (χ0) is 20.3. The molecule has 1 fully saturated rings. The number of amides is 2. The maximum atomic E-state index is 13.5. The quantitative estimate of drug-likeness (QED) is 0.864. The number of benzene rings is 1. The van der Waals surface area contributed by atoms with Crippen molar-refractivity contribution < 1.29 is 22.8 Å². The minimum atomic E-state index is -4.58. The Morgan fingerprint density at radius 3 is 2.61 bits per heavy atom. The van der Waals surface area contributed by atoms with Gasteiger partial charge in [0.2, 0.25) is 5.91 Å². The van der Waals surface area contributed by atoms with E-state index in [1.54, 1.807) is 35.2 Å². The average Bonchev–Trinajstić information content (AvgIpc) is 3.15. The van der Waals surface area contributed by atoms with Crippen LogP contribution in [0.5, 0.6) is 0 Å². The van der Waals surface area contributed by atoms with Gasteiger partial charge in [0, 0.05) is 37.3 Å². The number of likely N-dealkylation sites (tertiary alicyclic amines) is 1. The molecule has 1 aliphatic heterocycles. The number of nitrogens with one attached hydrogen (secondary N) is 1. The molecule has 2 amide bonds. The minimum Gasteiger partial charge on any atom is -0.352 e. The van der Waals surface area contributed by atoms with Crippen LogP contribution < -0.4 is 5.32 Å². The first-order valence-electron chi connectivity index (χ1n) is 8.94. The summed E-state index contributed by atoms with van der Waals surface area (Å²) in [4.78, 5) is 29.6. The van der Waals surface area contributed by atoms with Crippen LogP contribution in [0.4, 0.5) is 13.2 Å². The molecule has 0 unspecified atom stereocenters. The fraction of sp³-hybridized carbons (Fsp3) is 0.350. The Hall–Kier alpha value is -2.90. The van der Waals surface area contributed by atoms with E-state index in [4.69, 9.17) is 0 Å². The van der Waals surface area contributed by atoms with Crippen LogP contribution in [-0.2, 0) is 17.5 Å². The Morgan fingerprint density at radius 2 is 1.96 bits per heavy atom.